The second kappa shape index (κ2) is 11.6. The molecular weight excluding hydrogens is 492 g/mol. The van der Waals surface area contributed by atoms with Crippen molar-refractivity contribution in [2.24, 2.45) is 0 Å². The Morgan fingerprint density at radius 1 is 1.00 bits per heavy atom. The van der Waals surface area contributed by atoms with E-state index in [0.717, 1.165) is 36.0 Å². The third-order valence-corrected chi connectivity index (χ3v) is 8.59. The fourth-order valence-corrected chi connectivity index (χ4v) is 5.91. The van der Waals surface area contributed by atoms with E-state index in [0.29, 0.717) is 28.8 Å². The minimum atomic E-state index is -3.59. The highest BCUT2D eigenvalue weighted by Gasteiger charge is 2.24. The number of hydrogen-bond donors (Lipinski definition) is 0. The molecule has 0 unspecified atom stereocenters. The lowest BCUT2D eigenvalue weighted by Gasteiger charge is -2.21. The van der Waals surface area contributed by atoms with E-state index in [-0.39, 0.29) is 10.8 Å². The van der Waals surface area contributed by atoms with Gasteiger partial charge in [-0.1, -0.05) is 36.3 Å². The standard InChI is InChI=1S/C24H31ClN4O3S2/c1-5-6-15-28(4)34(31,32)20-11-8-18(9-12-20)23(30)29(16-7-14-27(2)3)24-26-21-13-10-19(25)17-22(21)33-24/h8-13,17H,5-7,14-16H2,1-4H3. The Hall–Kier alpha value is -2.04. The van der Waals surface area contributed by atoms with Gasteiger partial charge in [0.2, 0.25) is 10.0 Å². The number of unbranched alkanes of at least 4 members (excludes halogenated alkanes) is 1. The number of fused-ring (bicyclic) bond motifs is 1. The Morgan fingerprint density at radius 3 is 2.35 bits per heavy atom. The molecule has 2 aromatic carbocycles. The van der Waals surface area contributed by atoms with Crippen LogP contribution in [-0.2, 0) is 10.0 Å². The number of benzene rings is 2. The molecule has 184 valence electrons. The molecule has 0 saturated heterocycles. The molecule has 0 atom stereocenters. The molecule has 0 saturated carbocycles. The summed E-state index contributed by atoms with van der Waals surface area (Å²) >= 11 is 7.54. The Labute approximate surface area is 211 Å². The summed E-state index contributed by atoms with van der Waals surface area (Å²) in [6.45, 7) is 3.79. The van der Waals surface area contributed by atoms with Crippen LogP contribution in [0.3, 0.4) is 0 Å². The van der Waals surface area contributed by atoms with Gasteiger partial charge in [0.15, 0.2) is 5.13 Å². The summed E-state index contributed by atoms with van der Waals surface area (Å²) < 4.78 is 27.9. The predicted molar refractivity (Wildman–Crippen MR) is 141 cm³/mol. The largest absolute Gasteiger partial charge is 0.309 e. The molecule has 0 N–H and O–H groups in total. The highest BCUT2D eigenvalue weighted by molar-refractivity contribution is 7.89. The van der Waals surface area contributed by atoms with Crippen LogP contribution in [0.1, 0.15) is 36.5 Å². The maximum Gasteiger partial charge on any atom is 0.260 e. The normalized spacial score (nSPS) is 12.1. The third-order valence-electron chi connectivity index (χ3n) is 5.44. The van der Waals surface area contributed by atoms with Crippen LogP contribution in [0.4, 0.5) is 5.13 Å². The molecule has 0 aliphatic rings. The zero-order chi connectivity index (χ0) is 24.9. The van der Waals surface area contributed by atoms with Crippen LogP contribution in [0.25, 0.3) is 10.2 Å². The molecule has 1 heterocycles. The van der Waals surface area contributed by atoms with Crippen LogP contribution in [-0.4, -0.2) is 69.3 Å². The monoisotopic (exact) mass is 522 g/mol. The number of aromatic nitrogens is 1. The Bertz CT molecular complexity index is 1230. The van der Waals surface area contributed by atoms with Crippen molar-refractivity contribution < 1.29 is 13.2 Å². The first kappa shape index (κ1) is 26.6. The minimum absolute atomic E-state index is 0.177. The zero-order valence-corrected chi connectivity index (χ0v) is 22.4. The number of hydrogen-bond acceptors (Lipinski definition) is 6. The summed E-state index contributed by atoms with van der Waals surface area (Å²) in [5.41, 5.74) is 1.20. The van der Waals surface area contributed by atoms with Gasteiger partial charge in [0.25, 0.3) is 5.91 Å². The van der Waals surface area contributed by atoms with E-state index in [1.54, 1.807) is 30.1 Å². The van der Waals surface area contributed by atoms with E-state index in [9.17, 15) is 13.2 Å². The average Bonchev–Trinajstić information content (AvgIpc) is 3.22. The molecule has 0 bridgehead atoms. The molecule has 1 aromatic heterocycles. The Kier molecular flexibility index (Phi) is 9.06. The summed E-state index contributed by atoms with van der Waals surface area (Å²) in [7, 11) is 1.97. The van der Waals surface area contributed by atoms with Gasteiger partial charge in [-0.3, -0.25) is 9.69 Å². The van der Waals surface area contributed by atoms with Crippen LogP contribution < -0.4 is 4.90 Å². The molecule has 0 radical (unpaired) electrons. The van der Waals surface area contributed by atoms with Gasteiger partial charge in [-0.2, -0.15) is 0 Å². The number of sulfonamides is 1. The maximum atomic E-state index is 13.5. The first-order valence-corrected chi connectivity index (χ1v) is 13.9. The van der Waals surface area contributed by atoms with Gasteiger partial charge < -0.3 is 4.90 Å². The van der Waals surface area contributed by atoms with Crippen molar-refractivity contribution in [3.63, 3.8) is 0 Å². The number of carbonyl (C=O) groups excluding carboxylic acids is 1. The molecule has 3 aromatic rings. The fourth-order valence-electron chi connectivity index (χ4n) is 3.44. The smallest absolute Gasteiger partial charge is 0.260 e. The molecule has 7 nitrogen and oxygen atoms in total. The van der Waals surface area contributed by atoms with Crippen molar-refractivity contribution in [3.05, 3.63) is 53.1 Å². The SMILES string of the molecule is CCCCN(C)S(=O)(=O)c1ccc(C(=O)N(CCCN(C)C)c2nc3ccc(Cl)cc3s2)cc1. The quantitative estimate of drug-likeness (QED) is 0.355. The van der Waals surface area contributed by atoms with Gasteiger partial charge in [-0.05, 0) is 75.9 Å². The van der Waals surface area contributed by atoms with E-state index in [4.69, 9.17) is 11.6 Å². The van der Waals surface area contributed by atoms with E-state index in [2.05, 4.69) is 9.88 Å². The van der Waals surface area contributed by atoms with Gasteiger partial charge in [0.1, 0.15) is 0 Å². The molecule has 3 rings (SSSR count). The summed E-state index contributed by atoms with van der Waals surface area (Å²) in [6, 6.07) is 11.6. The predicted octanol–water partition coefficient (Wildman–Crippen LogP) is 4.97. The second-order valence-electron chi connectivity index (χ2n) is 8.43. The van der Waals surface area contributed by atoms with Crippen LogP contribution in [0.5, 0.6) is 0 Å². The van der Waals surface area contributed by atoms with E-state index in [1.165, 1.54) is 27.8 Å². The molecule has 1 amide bonds. The maximum absolute atomic E-state index is 13.5. The van der Waals surface area contributed by atoms with Crippen LogP contribution >= 0.6 is 22.9 Å². The highest BCUT2D eigenvalue weighted by atomic mass is 35.5. The lowest BCUT2D eigenvalue weighted by molar-refractivity contribution is 0.0986. The number of carbonyl (C=O) groups is 1. The van der Waals surface area contributed by atoms with Crippen molar-refractivity contribution >= 4 is 54.2 Å². The van der Waals surface area contributed by atoms with E-state index >= 15 is 0 Å². The zero-order valence-electron chi connectivity index (χ0n) is 20.0. The van der Waals surface area contributed by atoms with Crippen LogP contribution in [0.15, 0.2) is 47.4 Å². The summed E-state index contributed by atoms with van der Waals surface area (Å²) in [6.07, 6.45) is 2.47. The second-order valence-corrected chi connectivity index (χ2v) is 11.9. The van der Waals surface area contributed by atoms with E-state index < -0.39 is 10.0 Å². The Balaban J connectivity index is 1.88. The van der Waals surface area contributed by atoms with Gasteiger partial charge in [0.05, 0.1) is 15.1 Å². The third kappa shape index (κ3) is 6.34. The first-order valence-electron chi connectivity index (χ1n) is 11.2. The topological polar surface area (TPSA) is 73.8 Å². The van der Waals surface area contributed by atoms with Gasteiger partial charge >= 0.3 is 0 Å². The summed E-state index contributed by atoms with van der Waals surface area (Å²) in [5.74, 6) is -0.216. The van der Waals surface area contributed by atoms with Crippen molar-refractivity contribution in [2.45, 2.75) is 31.1 Å². The van der Waals surface area contributed by atoms with Crippen LogP contribution in [0, 0.1) is 0 Å². The van der Waals surface area contributed by atoms with Gasteiger partial charge in [-0.15, -0.1) is 0 Å². The number of nitrogens with zero attached hydrogens (tertiary/aromatic N) is 4. The number of thiazole rings is 1. The lowest BCUT2D eigenvalue weighted by Crippen LogP contribution is -2.33. The van der Waals surface area contributed by atoms with Crippen LogP contribution in [0.2, 0.25) is 5.02 Å². The molecule has 0 fully saturated rings. The van der Waals surface area contributed by atoms with Gasteiger partial charge in [-0.25, -0.2) is 17.7 Å². The number of anilines is 1. The lowest BCUT2D eigenvalue weighted by atomic mass is 10.2. The minimum Gasteiger partial charge on any atom is -0.309 e. The van der Waals surface area contributed by atoms with Gasteiger partial charge in [0, 0.05) is 30.7 Å². The van der Waals surface area contributed by atoms with Crippen molar-refractivity contribution in [1.82, 2.24) is 14.2 Å². The number of rotatable bonds is 11. The Morgan fingerprint density at radius 2 is 1.71 bits per heavy atom. The molecule has 0 aliphatic heterocycles. The molecule has 0 spiro atoms. The molecule has 10 heteroatoms. The summed E-state index contributed by atoms with van der Waals surface area (Å²) in [5, 5.41) is 1.21. The fraction of sp³-hybridized carbons (Fsp3) is 0.417. The number of halogens is 1. The van der Waals surface area contributed by atoms with E-state index in [1.807, 2.05) is 33.2 Å². The number of amides is 1. The average molecular weight is 523 g/mol. The van der Waals surface area contributed by atoms with Crippen molar-refractivity contribution in [2.75, 3.05) is 45.7 Å². The molecule has 0 aliphatic carbocycles. The van der Waals surface area contributed by atoms with Crippen molar-refractivity contribution in [1.29, 1.82) is 0 Å². The first-order chi connectivity index (χ1) is 16.1. The molecule has 34 heavy (non-hydrogen) atoms. The summed E-state index contributed by atoms with van der Waals surface area (Å²) in [4.78, 5) is 22.1. The van der Waals surface area contributed by atoms with Crippen molar-refractivity contribution in [3.8, 4) is 0 Å². The highest BCUT2D eigenvalue weighted by Crippen LogP contribution is 2.32. The molecular formula is C24H31ClN4O3S2.